The molecule has 3 atom stereocenters. The summed E-state index contributed by atoms with van der Waals surface area (Å²) in [6, 6.07) is 11.8. The predicted molar refractivity (Wildman–Crippen MR) is 202 cm³/mol. The Bertz CT molecular complexity index is 1940. The van der Waals surface area contributed by atoms with Crippen molar-refractivity contribution in [1.29, 1.82) is 0 Å². The number of unbranched alkanes of at least 4 members (excludes halogenated alkanes) is 2. The van der Waals surface area contributed by atoms with Crippen molar-refractivity contribution >= 4 is 57.7 Å². The van der Waals surface area contributed by atoms with E-state index in [9.17, 15) is 29.4 Å². The Morgan fingerprint density at radius 1 is 0.926 bits per heavy atom. The van der Waals surface area contributed by atoms with E-state index in [2.05, 4.69) is 4.90 Å². The summed E-state index contributed by atoms with van der Waals surface area (Å²) in [4.78, 5) is 60.7. The third-order valence-electron chi connectivity index (χ3n) is 11.0. The number of amides is 4. The number of aliphatic hydroxyl groups is 1. The molecule has 2 N–H and O–H groups in total. The molecule has 0 saturated carbocycles. The first-order valence-corrected chi connectivity index (χ1v) is 19.1. The smallest absolute Gasteiger partial charge is 0.415 e. The number of carboxylic acid groups (broad SMARTS) is 1. The van der Waals surface area contributed by atoms with Gasteiger partial charge in [0, 0.05) is 75.0 Å². The zero-order valence-corrected chi connectivity index (χ0v) is 31.3. The standard InChI is InChI=1S/C39H46ClN5O9/c1-41-14-16-42(17-15-41)39(51)54-31-21-30-35(26-10-6-5-9-25(26)31)24(22-40)23-44(30)34(46)12-4-3-7-18-53-33-20-29-27(19-32(33)52-2)36(47)43-13-8-11-28(43)37(48)45(29)38(49)50/h5-6,9-10,19-21,24,28,37,48H,3-4,7-8,11-18,22-23H2,1-2H3,(H,49,50)/t24-,28+,37?/m1/s1. The highest BCUT2D eigenvalue weighted by atomic mass is 35.5. The maximum Gasteiger partial charge on any atom is 0.415 e. The van der Waals surface area contributed by atoms with Crippen molar-refractivity contribution in [3.8, 4) is 17.2 Å². The van der Waals surface area contributed by atoms with Crippen LogP contribution >= 0.6 is 11.6 Å². The van der Waals surface area contributed by atoms with Crippen LogP contribution in [-0.2, 0) is 4.79 Å². The Balaban J connectivity index is 1.00. The number of alkyl halides is 1. The fraction of sp³-hybridized carbons (Fsp3) is 0.487. The summed E-state index contributed by atoms with van der Waals surface area (Å²) < 4.78 is 17.6. The molecule has 54 heavy (non-hydrogen) atoms. The van der Waals surface area contributed by atoms with Gasteiger partial charge in [-0.3, -0.25) is 9.59 Å². The first-order valence-electron chi connectivity index (χ1n) is 18.5. The lowest BCUT2D eigenvalue weighted by Gasteiger charge is -2.31. The zero-order valence-electron chi connectivity index (χ0n) is 30.5. The van der Waals surface area contributed by atoms with Gasteiger partial charge in [0.25, 0.3) is 5.91 Å². The van der Waals surface area contributed by atoms with E-state index in [0.29, 0.717) is 75.6 Å². The highest BCUT2D eigenvalue weighted by Gasteiger charge is 2.45. The van der Waals surface area contributed by atoms with Crippen molar-refractivity contribution < 1.29 is 43.6 Å². The number of likely N-dealkylation sites (N-methyl/N-ethyl adjacent to an activating group) is 1. The van der Waals surface area contributed by atoms with E-state index in [4.69, 9.17) is 25.8 Å². The quantitative estimate of drug-likeness (QED) is 0.205. The van der Waals surface area contributed by atoms with Gasteiger partial charge >= 0.3 is 12.2 Å². The van der Waals surface area contributed by atoms with Gasteiger partial charge in [-0.1, -0.05) is 24.3 Å². The third kappa shape index (κ3) is 7.09. The van der Waals surface area contributed by atoms with E-state index in [-0.39, 0.29) is 53.5 Å². The summed E-state index contributed by atoms with van der Waals surface area (Å²) in [6.07, 6.45) is 0.0931. The number of carbonyl (C=O) groups excluding carboxylic acids is 3. The Morgan fingerprint density at radius 3 is 2.39 bits per heavy atom. The molecule has 0 spiro atoms. The molecule has 288 valence electrons. The minimum Gasteiger partial charge on any atom is -0.493 e. The van der Waals surface area contributed by atoms with Crippen LogP contribution in [0.1, 0.15) is 60.4 Å². The average molecular weight is 764 g/mol. The van der Waals surface area contributed by atoms with Gasteiger partial charge in [0.1, 0.15) is 5.75 Å². The number of anilines is 2. The van der Waals surface area contributed by atoms with Gasteiger partial charge in [-0.15, -0.1) is 11.6 Å². The van der Waals surface area contributed by atoms with Crippen LogP contribution in [-0.4, -0.2) is 127 Å². The number of carbonyl (C=O) groups is 4. The molecule has 4 aliphatic heterocycles. The summed E-state index contributed by atoms with van der Waals surface area (Å²) in [5.74, 6) is 0.779. The second kappa shape index (κ2) is 15.9. The molecule has 2 fully saturated rings. The molecule has 14 nitrogen and oxygen atoms in total. The fourth-order valence-corrected chi connectivity index (χ4v) is 8.36. The van der Waals surface area contributed by atoms with E-state index < -0.39 is 24.5 Å². The molecule has 0 aliphatic carbocycles. The van der Waals surface area contributed by atoms with E-state index in [1.165, 1.54) is 24.1 Å². The zero-order chi connectivity index (χ0) is 38.1. The molecule has 0 radical (unpaired) electrons. The summed E-state index contributed by atoms with van der Waals surface area (Å²) >= 11 is 6.46. The number of nitrogens with zero attached hydrogens (tertiary/aromatic N) is 5. The van der Waals surface area contributed by atoms with Crippen molar-refractivity contribution in [1.82, 2.24) is 14.7 Å². The lowest BCUT2D eigenvalue weighted by molar-refractivity contribution is -0.118. The Morgan fingerprint density at radius 2 is 1.67 bits per heavy atom. The summed E-state index contributed by atoms with van der Waals surface area (Å²) in [5.41, 5.74) is 1.86. The van der Waals surface area contributed by atoms with Crippen molar-refractivity contribution in [3.05, 3.63) is 53.6 Å². The normalized spacial score (nSPS) is 21.1. The van der Waals surface area contributed by atoms with Gasteiger partial charge in [-0.05, 0) is 56.2 Å². The van der Waals surface area contributed by atoms with Gasteiger partial charge in [0.15, 0.2) is 17.7 Å². The van der Waals surface area contributed by atoms with Gasteiger partial charge in [0.05, 0.1) is 36.7 Å². The molecule has 4 heterocycles. The van der Waals surface area contributed by atoms with Gasteiger partial charge in [-0.2, -0.15) is 0 Å². The average Bonchev–Trinajstić information content (AvgIpc) is 3.80. The monoisotopic (exact) mass is 763 g/mol. The third-order valence-corrected chi connectivity index (χ3v) is 11.4. The Hall–Kier alpha value is -4.79. The van der Waals surface area contributed by atoms with Crippen molar-refractivity contribution in [2.45, 2.75) is 56.7 Å². The molecule has 0 bridgehead atoms. The van der Waals surface area contributed by atoms with Crippen LogP contribution < -0.4 is 24.0 Å². The SMILES string of the molecule is COc1cc2c(cc1OCCCCCC(=O)N1C[C@@H](CCl)c3c1cc(OC(=O)N1CCN(C)CC1)c1ccccc31)N(C(=O)O)C(O)[C@@H]1CCCN1C2=O. The van der Waals surface area contributed by atoms with Crippen molar-refractivity contribution in [2.75, 3.05) is 75.7 Å². The van der Waals surface area contributed by atoms with Crippen molar-refractivity contribution in [3.63, 3.8) is 0 Å². The number of fused-ring (bicyclic) bond motifs is 5. The van der Waals surface area contributed by atoms with Crippen LogP contribution in [0.3, 0.4) is 0 Å². The van der Waals surface area contributed by atoms with Crippen LogP contribution in [0, 0.1) is 0 Å². The largest absolute Gasteiger partial charge is 0.493 e. The van der Waals surface area contributed by atoms with E-state index >= 15 is 0 Å². The first-order chi connectivity index (χ1) is 26.1. The topological polar surface area (TPSA) is 153 Å². The minimum atomic E-state index is -1.42. The summed E-state index contributed by atoms with van der Waals surface area (Å²) in [7, 11) is 3.47. The lowest BCUT2D eigenvalue weighted by atomic mass is 9.95. The highest BCUT2D eigenvalue weighted by Crippen LogP contribution is 2.46. The molecule has 4 aliphatic rings. The summed E-state index contributed by atoms with van der Waals surface area (Å²) in [5, 5.41) is 22.8. The number of hydrogen-bond acceptors (Lipinski definition) is 9. The van der Waals surface area contributed by atoms with Crippen LogP contribution in [0.5, 0.6) is 17.2 Å². The van der Waals surface area contributed by atoms with Crippen LogP contribution in [0.4, 0.5) is 21.0 Å². The second-order valence-corrected chi connectivity index (χ2v) is 14.6. The lowest BCUT2D eigenvalue weighted by Crippen LogP contribution is -2.50. The molecule has 2 saturated heterocycles. The number of benzene rings is 3. The van der Waals surface area contributed by atoms with E-state index in [1.54, 1.807) is 15.9 Å². The minimum absolute atomic E-state index is 0.0435. The molecule has 1 unspecified atom stereocenters. The molecule has 3 aromatic carbocycles. The van der Waals surface area contributed by atoms with Crippen LogP contribution in [0.2, 0.25) is 0 Å². The Labute approximate surface area is 318 Å². The Kier molecular flexibility index (Phi) is 11.0. The molecule has 3 aromatic rings. The molecule has 7 rings (SSSR count). The number of methoxy groups -OCH3 is 1. The number of aliphatic hydroxyl groups excluding tert-OH is 1. The van der Waals surface area contributed by atoms with Crippen molar-refractivity contribution in [2.24, 2.45) is 0 Å². The van der Waals surface area contributed by atoms with Gasteiger partial charge in [-0.25, -0.2) is 14.5 Å². The molecule has 4 amide bonds. The van der Waals surface area contributed by atoms with Gasteiger partial charge in [0.2, 0.25) is 5.91 Å². The number of halogens is 1. The predicted octanol–water partition coefficient (Wildman–Crippen LogP) is 5.32. The first kappa shape index (κ1) is 37.5. The number of piperazine rings is 1. The van der Waals surface area contributed by atoms with Crippen LogP contribution in [0.25, 0.3) is 10.8 Å². The highest BCUT2D eigenvalue weighted by molar-refractivity contribution is 6.19. The maximum atomic E-state index is 13.7. The van der Waals surface area contributed by atoms with E-state index in [1.807, 2.05) is 31.3 Å². The molecular weight excluding hydrogens is 718 g/mol. The van der Waals surface area contributed by atoms with E-state index in [0.717, 1.165) is 34.3 Å². The van der Waals surface area contributed by atoms with Gasteiger partial charge < -0.3 is 44.0 Å². The fourth-order valence-electron chi connectivity index (χ4n) is 8.11. The molecule has 0 aromatic heterocycles. The number of hydrogen-bond donors (Lipinski definition) is 2. The summed E-state index contributed by atoms with van der Waals surface area (Å²) in [6.45, 7) is 3.81. The number of ether oxygens (including phenoxy) is 3. The molecular formula is C39H46ClN5O9. The number of rotatable bonds is 10. The van der Waals surface area contributed by atoms with Crippen LogP contribution in [0.15, 0.2) is 42.5 Å². The maximum absolute atomic E-state index is 13.7. The molecule has 15 heteroatoms. The second-order valence-electron chi connectivity index (χ2n) is 14.3.